The van der Waals surface area contributed by atoms with E-state index in [1.807, 2.05) is 22.7 Å². The normalized spacial score (nSPS) is 11.9. The van der Waals surface area contributed by atoms with Gasteiger partial charge in [0.25, 0.3) is 0 Å². The molecule has 192 valence electrons. The minimum absolute atomic E-state index is 1.15. The van der Waals surface area contributed by atoms with Crippen molar-refractivity contribution in [2.24, 2.45) is 0 Å². The number of benzene rings is 7. The van der Waals surface area contributed by atoms with Crippen LogP contribution in [0.1, 0.15) is 0 Å². The van der Waals surface area contributed by atoms with Crippen molar-refractivity contribution in [1.29, 1.82) is 0 Å². The first kappa shape index (κ1) is 23.0. The van der Waals surface area contributed by atoms with E-state index in [4.69, 9.17) is 0 Å². The molecular weight excluding hydrogens is 535 g/mol. The zero-order chi connectivity index (χ0) is 26.9. The molecule has 0 unspecified atom stereocenters. The number of fused-ring (bicyclic) bond motifs is 9. The SMILES string of the molecule is c1ccc(N(c2ccc3c(ccc4cc5c(cc43)sc3ccccc35)c2)c2ccc3c(c2)sc2ccccc23)cc1. The van der Waals surface area contributed by atoms with Crippen LogP contribution in [-0.4, -0.2) is 0 Å². The van der Waals surface area contributed by atoms with Crippen molar-refractivity contribution in [3.8, 4) is 0 Å². The van der Waals surface area contributed by atoms with E-state index >= 15 is 0 Å². The van der Waals surface area contributed by atoms with Gasteiger partial charge in [-0.15, -0.1) is 22.7 Å². The molecule has 3 heteroatoms. The van der Waals surface area contributed by atoms with Crippen LogP contribution in [0.3, 0.4) is 0 Å². The van der Waals surface area contributed by atoms with E-state index in [2.05, 4.69) is 144 Å². The first-order chi connectivity index (χ1) is 20.3. The molecule has 2 heterocycles. The highest BCUT2D eigenvalue weighted by molar-refractivity contribution is 7.26. The third kappa shape index (κ3) is 3.60. The minimum atomic E-state index is 1.15. The zero-order valence-electron chi connectivity index (χ0n) is 22.0. The van der Waals surface area contributed by atoms with Crippen LogP contribution in [-0.2, 0) is 0 Å². The van der Waals surface area contributed by atoms with Gasteiger partial charge in [-0.1, -0.05) is 78.9 Å². The summed E-state index contributed by atoms with van der Waals surface area (Å²) in [6, 6.07) is 51.2. The van der Waals surface area contributed by atoms with Crippen molar-refractivity contribution in [3.63, 3.8) is 0 Å². The standard InChI is InChI=1S/C38H23NS2/c1-2-8-26(9-3-1)39(28-17-19-32-30-10-4-6-12-35(30)40-37(32)22-28)27-16-18-29-24(20-27)14-15-25-21-34-31-11-5-7-13-36(31)41-38(34)23-33(25)29/h1-23H. The molecule has 0 aliphatic carbocycles. The topological polar surface area (TPSA) is 3.24 Å². The maximum absolute atomic E-state index is 2.39. The molecule has 9 rings (SSSR count). The Labute approximate surface area is 245 Å². The molecule has 2 aromatic heterocycles. The highest BCUT2D eigenvalue weighted by Gasteiger charge is 2.16. The third-order valence-electron chi connectivity index (χ3n) is 8.21. The van der Waals surface area contributed by atoms with Crippen molar-refractivity contribution in [1.82, 2.24) is 0 Å². The van der Waals surface area contributed by atoms with Crippen molar-refractivity contribution >= 4 is 102 Å². The van der Waals surface area contributed by atoms with Gasteiger partial charge in [-0.3, -0.25) is 0 Å². The van der Waals surface area contributed by atoms with E-state index in [1.165, 1.54) is 67.6 Å². The summed E-state index contributed by atoms with van der Waals surface area (Å²) < 4.78 is 5.33. The summed E-state index contributed by atoms with van der Waals surface area (Å²) in [6.45, 7) is 0. The second-order valence-electron chi connectivity index (χ2n) is 10.6. The minimum Gasteiger partial charge on any atom is -0.310 e. The Morgan fingerprint density at radius 1 is 0.317 bits per heavy atom. The third-order valence-corrected chi connectivity index (χ3v) is 10.5. The maximum atomic E-state index is 2.39. The lowest BCUT2D eigenvalue weighted by Crippen LogP contribution is -2.09. The van der Waals surface area contributed by atoms with E-state index in [0.717, 1.165) is 11.4 Å². The fourth-order valence-corrected chi connectivity index (χ4v) is 8.56. The largest absolute Gasteiger partial charge is 0.310 e. The van der Waals surface area contributed by atoms with E-state index < -0.39 is 0 Å². The second kappa shape index (κ2) is 8.90. The fourth-order valence-electron chi connectivity index (χ4n) is 6.29. The van der Waals surface area contributed by atoms with Crippen molar-refractivity contribution in [2.75, 3.05) is 4.90 Å². The van der Waals surface area contributed by atoms with Crippen LogP contribution in [0.25, 0.3) is 61.9 Å². The molecule has 0 saturated heterocycles. The average molecular weight is 558 g/mol. The molecule has 9 aromatic rings. The number of nitrogens with zero attached hydrogens (tertiary/aromatic N) is 1. The van der Waals surface area contributed by atoms with E-state index in [0.29, 0.717) is 0 Å². The number of hydrogen-bond acceptors (Lipinski definition) is 3. The lowest BCUT2D eigenvalue weighted by molar-refractivity contribution is 1.30. The van der Waals surface area contributed by atoms with Crippen molar-refractivity contribution < 1.29 is 0 Å². The second-order valence-corrected chi connectivity index (χ2v) is 12.8. The molecule has 0 saturated carbocycles. The molecule has 7 aromatic carbocycles. The number of anilines is 3. The molecule has 0 aliphatic heterocycles. The van der Waals surface area contributed by atoms with E-state index in [1.54, 1.807) is 0 Å². The molecule has 0 bridgehead atoms. The van der Waals surface area contributed by atoms with Gasteiger partial charge in [0.1, 0.15) is 0 Å². The monoisotopic (exact) mass is 557 g/mol. The van der Waals surface area contributed by atoms with Crippen LogP contribution >= 0.6 is 22.7 Å². The molecule has 0 amide bonds. The fraction of sp³-hybridized carbons (Fsp3) is 0. The quantitative estimate of drug-likeness (QED) is 0.195. The first-order valence-electron chi connectivity index (χ1n) is 13.8. The van der Waals surface area contributed by atoms with Gasteiger partial charge < -0.3 is 4.90 Å². The molecule has 41 heavy (non-hydrogen) atoms. The van der Waals surface area contributed by atoms with Gasteiger partial charge in [0, 0.05) is 57.4 Å². The molecule has 1 nitrogen and oxygen atoms in total. The Balaban J connectivity index is 1.23. The van der Waals surface area contributed by atoms with Crippen LogP contribution in [0.5, 0.6) is 0 Å². The summed E-state index contributed by atoms with van der Waals surface area (Å²) >= 11 is 3.75. The van der Waals surface area contributed by atoms with Gasteiger partial charge in [0.2, 0.25) is 0 Å². The highest BCUT2D eigenvalue weighted by Crippen LogP contribution is 2.42. The molecule has 0 atom stereocenters. The summed E-state index contributed by atoms with van der Waals surface area (Å²) in [6.07, 6.45) is 0. The summed E-state index contributed by atoms with van der Waals surface area (Å²) in [4.78, 5) is 2.38. The van der Waals surface area contributed by atoms with Gasteiger partial charge in [0.15, 0.2) is 0 Å². The van der Waals surface area contributed by atoms with Crippen LogP contribution in [0.2, 0.25) is 0 Å². The Morgan fingerprint density at radius 2 is 0.878 bits per heavy atom. The number of hydrogen-bond donors (Lipinski definition) is 0. The summed E-state index contributed by atoms with van der Waals surface area (Å²) in [5.74, 6) is 0. The Morgan fingerprint density at radius 3 is 1.63 bits per heavy atom. The Bertz CT molecular complexity index is 2430. The number of rotatable bonds is 3. The van der Waals surface area contributed by atoms with E-state index in [9.17, 15) is 0 Å². The molecule has 0 N–H and O–H groups in total. The Hall–Kier alpha value is -4.70. The van der Waals surface area contributed by atoms with E-state index in [-0.39, 0.29) is 0 Å². The summed E-state index contributed by atoms with van der Waals surface area (Å²) in [5.41, 5.74) is 3.48. The molecule has 0 radical (unpaired) electrons. The lowest BCUT2D eigenvalue weighted by atomic mass is 9.99. The first-order valence-corrected chi connectivity index (χ1v) is 15.5. The van der Waals surface area contributed by atoms with Gasteiger partial charge in [-0.05, 0) is 82.2 Å². The van der Waals surface area contributed by atoms with Crippen molar-refractivity contribution in [2.45, 2.75) is 0 Å². The summed E-state index contributed by atoms with van der Waals surface area (Å²) in [5, 5.41) is 10.5. The van der Waals surface area contributed by atoms with Crippen molar-refractivity contribution in [3.05, 3.63) is 140 Å². The lowest BCUT2D eigenvalue weighted by Gasteiger charge is -2.26. The van der Waals surface area contributed by atoms with Crippen LogP contribution in [0, 0.1) is 0 Å². The van der Waals surface area contributed by atoms with Crippen LogP contribution in [0.15, 0.2) is 140 Å². The van der Waals surface area contributed by atoms with Gasteiger partial charge in [-0.2, -0.15) is 0 Å². The molecule has 0 spiro atoms. The van der Waals surface area contributed by atoms with Crippen LogP contribution < -0.4 is 4.90 Å². The van der Waals surface area contributed by atoms with Gasteiger partial charge in [-0.25, -0.2) is 0 Å². The van der Waals surface area contributed by atoms with Gasteiger partial charge >= 0.3 is 0 Å². The zero-order valence-corrected chi connectivity index (χ0v) is 23.7. The molecular formula is C38H23NS2. The average Bonchev–Trinajstić information content (AvgIpc) is 3.58. The number of para-hydroxylation sites is 1. The maximum Gasteiger partial charge on any atom is 0.0476 e. The van der Waals surface area contributed by atoms with Gasteiger partial charge in [0.05, 0.1) is 0 Å². The predicted molar refractivity (Wildman–Crippen MR) is 182 cm³/mol. The Kier molecular flexibility index (Phi) is 5.00. The summed E-state index contributed by atoms with van der Waals surface area (Å²) in [7, 11) is 0. The molecule has 0 fully saturated rings. The molecule has 0 aliphatic rings. The predicted octanol–water partition coefficient (Wildman–Crippen LogP) is 12.2. The highest BCUT2D eigenvalue weighted by atomic mass is 32.1. The smallest absolute Gasteiger partial charge is 0.0476 e. The number of thiophene rings is 2. The van der Waals surface area contributed by atoms with Crippen LogP contribution in [0.4, 0.5) is 17.1 Å².